The van der Waals surface area contributed by atoms with Gasteiger partial charge in [0.2, 0.25) is 0 Å². The van der Waals surface area contributed by atoms with Crippen LogP contribution >= 0.6 is 0 Å². The Bertz CT molecular complexity index is 2700. The zero-order valence-electron chi connectivity index (χ0n) is 32.2. The number of pyridine rings is 1. The fraction of sp³-hybridized carbons (Fsp3) is 0.200. The normalized spacial score (nSPS) is 15.9. The summed E-state index contributed by atoms with van der Waals surface area (Å²) in [5.74, 6) is 3.27. The number of hydrogen-bond donors (Lipinski definition) is 0. The first-order chi connectivity index (χ1) is 26.8. The van der Waals surface area contributed by atoms with E-state index in [-0.39, 0.29) is 5.92 Å². The predicted molar refractivity (Wildman–Crippen MR) is 226 cm³/mol. The van der Waals surface area contributed by atoms with Crippen LogP contribution < -0.4 is 4.74 Å². The molecule has 9 rings (SSSR count). The molecule has 0 unspecified atom stereocenters. The Labute approximate surface area is 323 Å². The summed E-state index contributed by atoms with van der Waals surface area (Å²) < 4.78 is 11.2. The third kappa shape index (κ3) is 6.34. The van der Waals surface area contributed by atoms with E-state index in [2.05, 4.69) is 177 Å². The molecule has 0 N–H and O–H groups in total. The van der Waals surface area contributed by atoms with E-state index >= 15 is 0 Å². The number of hydrogen-bond acceptors (Lipinski definition) is 3. The average molecular weight is 719 g/mol. The minimum absolute atomic E-state index is 0.178. The highest BCUT2D eigenvalue weighted by Crippen LogP contribution is 2.50. The molecule has 5 aromatic carbocycles. The van der Waals surface area contributed by atoms with Gasteiger partial charge in [-0.05, 0) is 116 Å². The lowest BCUT2D eigenvalue weighted by atomic mass is 9.69. The average Bonchev–Trinajstić information content (AvgIpc) is 3.70. The van der Waals surface area contributed by atoms with Crippen molar-refractivity contribution in [3.63, 3.8) is 0 Å². The summed E-state index contributed by atoms with van der Waals surface area (Å²) in [6.45, 7) is 11.0. The molecule has 0 spiro atoms. The molecule has 8 aromatic rings. The van der Waals surface area contributed by atoms with Gasteiger partial charge in [-0.25, -0.2) is 9.67 Å². The lowest BCUT2D eigenvalue weighted by Crippen LogP contribution is -2.18. The second kappa shape index (κ2) is 14.2. The van der Waals surface area contributed by atoms with Gasteiger partial charge in [-0.1, -0.05) is 98.8 Å². The van der Waals surface area contributed by atoms with Crippen LogP contribution in [0.3, 0.4) is 0 Å². The maximum atomic E-state index is 6.81. The van der Waals surface area contributed by atoms with Crippen LogP contribution in [0.5, 0.6) is 11.5 Å². The minimum atomic E-state index is 0.178. The zero-order valence-corrected chi connectivity index (χ0v) is 32.2. The third-order valence-electron chi connectivity index (χ3n) is 11.4. The molecule has 0 bridgehead atoms. The molecule has 1 aliphatic rings. The van der Waals surface area contributed by atoms with Crippen LogP contribution in [0.15, 0.2) is 146 Å². The molecule has 0 saturated carbocycles. The summed E-state index contributed by atoms with van der Waals surface area (Å²) in [4.78, 5) is 4.78. The van der Waals surface area contributed by atoms with Crippen LogP contribution in [-0.4, -0.2) is 19.3 Å². The smallest absolute Gasteiger partial charge is 0.137 e. The van der Waals surface area contributed by atoms with Crippen molar-refractivity contribution in [1.82, 2.24) is 19.3 Å². The molecular weight excluding hydrogens is 673 g/mol. The first-order valence-corrected chi connectivity index (χ1v) is 19.5. The van der Waals surface area contributed by atoms with E-state index in [1.807, 2.05) is 12.3 Å². The van der Waals surface area contributed by atoms with Gasteiger partial charge in [-0.2, -0.15) is 5.10 Å². The van der Waals surface area contributed by atoms with Gasteiger partial charge in [0.25, 0.3) is 0 Å². The van der Waals surface area contributed by atoms with Crippen LogP contribution in [0.1, 0.15) is 83.6 Å². The summed E-state index contributed by atoms with van der Waals surface area (Å²) in [7, 11) is 0. The number of aromatic nitrogens is 4. The SMILES string of the molecule is Cc1ccnc(-n2c3ccccc3c3ccc(Oc4cc(C(C)C)cc(-n5nc(C)c([C@@H]6C(c7ccccc7)=CCC[C@@H]6c6ccccc6)c5C)c4)cc32)c1. The number of ether oxygens (including phenoxy) is 1. The molecule has 55 heavy (non-hydrogen) atoms. The second-order valence-corrected chi connectivity index (χ2v) is 15.3. The Morgan fingerprint density at radius 2 is 1.45 bits per heavy atom. The van der Waals surface area contributed by atoms with E-state index in [1.54, 1.807) is 0 Å². The quantitative estimate of drug-likeness (QED) is 0.157. The Kier molecular flexibility index (Phi) is 8.94. The van der Waals surface area contributed by atoms with Crippen molar-refractivity contribution in [3.05, 3.63) is 185 Å². The van der Waals surface area contributed by atoms with Gasteiger partial charge >= 0.3 is 0 Å². The number of allylic oxidation sites excluding steroid dienone is 2. The molecule has 0 fully saturated rings. The van der Waals surface area contributed by atoms with Crippen molar-refractivity contribution < 1.29 is 4.74 Å². The van der Waals surface area contributed by atoms with E-state index in [1.165, 1.54) is 44.2 Å². The standard InChI is InChI=1S/C50H46N4O/c1-32(2)38-28-39(30-41(29-38)55-40-23-24-45-44-19-12-13-22-46(44)53(47(45)31-40)48-27-33(3)25-26-51-48)54-35(5)49(34(4)52-54)50-42(36-15-8-6-9-16-36)20-14-21-43(50)37-17-10-7-11-18-37/h6-13,15-20,22-32,43,50H,14,21H2,1-5H3/t43-,50-/m1/s1. The highest BCUT2D eigenvalue weighted by molar-refractivity contribution is 6.09. The summed E-state index contributed by atoms with van der Waals surface area (Å²) in [6.07, 6.45) is 6.49. The maximum Gasteiger partial charge on any atom is 0.137 e. The molecule has 0 amide bonds. The fourth-order valence-electron chi connectivity index (χ4n) is 8.79. The molecule has 0 aliphatic heterocycles. The summed E-state index contributed by atoms with van der Waals surface area (Å²) in [5.41, 5.74) is 13.1. The first kappa shape index (κ1) is 34.6. The monoisotopic (exact) mass is 718 g/mol. The van der Waals surface area contributed by atoms with Crippen molar-refractivity contribution >= 4 is 27.4 Å². The van der Waals surface area contributed by atoms with Crippen LogP contribution in [0, 0.1) is 20.8 Å². The molecule has 1 aliphatic carbocycles. The van der Waals surface area contributed by atoms with Crippen molar-refractivity contribution in [1.29, 1.82) is 0 Å². The predicted octanol–water partition coefficient (Wildman–Crippen LogP) is 13.0. The van der Waals surface area contributed by atoms with E-state index in [9.17, 15) is 0 Å². The van der Waals surface area contributed by atoms with E-state index < -0.39 is 0 Å². The second-order valence-electron chi connectivity index (χ2n) is 15.3. The highest BCUT2D eigenvalue weighted by Gasteiger charge is 2.35. The number of para-hydroxylation sites is 1. The Balaban J connectivity index is 1.14. The van der Waals surface area contributed by atoms with E-state index in [0.717, 1.165) is 58.3 Å². The van der Waals surface area contributed by atoms with Gasteiger partial charge in [0, 0.05) is 46.3 Å². The molecule has 272 valence electrons. The molecule has 3 aromatic heterocycles. The fourth-order valence-corrected chi connectivity index (χ4v) is 8.79. The van der Waals surface area contributed by atoms with Gasteiger partial charge in [0.05, 0.1) is 22.4 Å². The molecule has 5 heteroatoms. The van der Waals surface area contributed by atoms with Gasteiger partial charge in [-0.15, -0.1) is 0 Å². The number of benzene rings is 5. The van der Waals surface area contributed by atoms with Crippen LogP contribution in [0.2, 0.25) is 0 Å². The first-order valence-electron chi connectivity index (χ1n) is 19.5. The lowest BCUT2D eigenvalue weighted by Gasteiger charge is -2.34. The summed E-state index contributed by atoms with van der Waals surface area (Å²) in [5, 5.41) is 7.66. The Morgan fingerprint density at radius 1 is 0.709 bits per heavy atom. The number of fused-ring (bicyclic) bond motifs is 3. The van der Waals surface area contributed by atoms with Crippen LogP contribution in [-0.2, 0) is 0 Å². The molecule has 3 heterocycles. The van der Waals surface area contributed by atoms with Gasteiger partial charge in [0.15, 0.2) is 0 Å². The highest BCUT2D eigenvalue weighted by atomic mass is 16.5. The van der Waals surface area contributed by atoms with E-state index in [0.29, 0.717) is 11.8 Å². The molecule has 2 atom stereocenters. The van der Waals surface area contributed by atoms with E-state index in [4.69, 9.17) is 14.8 Å². The van der Waals surface area contributed by atoms with Crippen LogP contribution in [0.4, 0.5) is 0 Å². The zero-order chi connectivity index (χ0) is 37.6. The van der Waals surface area contributed by atoms with Crippen molar-refractivity contribution in [3.8, 4) is 23.0 Å². The van der Waals surface area contributed by atoms with Crippen molar-refractivity contribution in [2.24, 2.45) is 0 Å². The Morgan fingerprint density at radius 3 is 2.24 bits per heavy atom. The van der Waals surface area contributed by atoms with Crippen molar-refractivity contribution in [2.75, 3.05) is 0 Å². The largest absolute Gasteiger partial charge is 0.457 e. The number of rotatable bonds is 8. The minimum Gasteiger partial charge on any atom is -0.457 e. The van der Waals surface area contributed by atoms with Crippen LogP contribution in [0.25, 0.3) is 38.9 Å². The maximum absolute atomic E-state index is 6.81. The van der Waals surface area contributed by atoms with Gasteiger partial charge in [0.1, 0.15) is 17.3 Å². The molecular formula is C50H46N4O. The summed E-state index contributed by atoms with van der Waals surface area (Å²) >= 11 is 0. The lowest BCUT2D eigenvalue weighted by molar-refractivity contribution is 0.481. The van der Waals surface area contributed by atoms with Gasteiger partial charge < -0.3 is 4.74 Å². The number of aryl methyl sites for hydroxylation is 2. The topological polar surface area (TPSA) is 44.9 Å². The molecule has 5 nitrogen and oxygen atoms in total. The Hall–Kier alpha value is -6.20. The number of nitrogens with zero attached hydrogens (tertiary/aromatic N) is 4. The molecule has 0 radical (unpaired) electrons. The summed E-state index contributed by atoms with van der Waals surface area (Å²) in [6, 6.07) is 47.6. The van der Waals surface area contributed by atoms with Crippen molar-refractivity contribution in [2.45, 2.75) is 65.2 Å². The third-order valence-corrected chi connectivity index (χ3v) is 11.4. The molecule has 0 saturated heterocycles. The van der Waals surface area contributed by atoms with Gasteiger partial charge in [-0.3, -0.25) is 4.57 Å².